The standard InChI is InChI=1S/C11H12N2O4S/c1-13(7-11(14)15)18(16,17)8-10-4-2-3-9(5-10)6-12/h2-5H,7-8H2,1H3,(H,14,15). The van der Waals surface area contributed by atoms with Gasteiger partial charge in [-0.3, -0.25) is 4.79 Å². The third-order valence-corrected chi connectivity index (χ3v) is 4.01. The number of benzene rings is 1. The van der Waals surface area contributed by atoms with Crippen LogP contribution in [-0.4, -0.2) is 37.4 Å². The van der Waals surface area contributed by atoms with Gasteiger partial charge in [-0.2, -0.15) is 9.57 Å². The zero-order valence-corrected chi connectivity index (χ0v) is 10.5. The third kappa shape index (κ3) is 3.84. The van der Waals surface area contributed by atoms with E-state index >= 15 is 0 Å². The fraction of sp³-hybridized carbons (Fsp3) is 0.273. The molecule has 0 aromatic heterocycles. The number of carbonyl (C=O) groups is 1. The highest BCUT2D eigenvalue weighted by Gasteiger charge is 2.20. The minimum atomic E-state index is -3.69. The summed E-state index contributed by atoms with van der Waals surface area (Å²) in [5.74, 6) is -1.54. The molecule has 0 atom stereocenters. The average Bonchev–Trinajstić information content (AvgIpc) is 2.27. The van der Waals surface area contributed by atoms with Crippen molar-refractivity contribution in [2.24, 2.45) is 0 Å². The molecule has 0 aliphatic heterocycles. The number of hydrogen-bond donors (Lipinski definition) is 1. The van der Waals surface area contributed by atoms with Crippen molar-refractivity contribution in [1.29, 1.82) is 5.26 Å². The number of nitrogens with zero attached hydrogens (tertiary/aromatic N) is 2. The third-order valence-electron chi connectivity index (χ3n) is 2.24. The number of likely N-dealkylation sites (N-methyl/N-ethyl adjacent to an activating group) is 1. The topological polar surface area (TPSA) is 98.5 Å². The van der Waals surface area contributed by atoms with Gasteiger partial charge >= 0.3 is 5.97 Å². The Bertz CT molecular complexity index is 589. The molecule has 0 amide bonds. The van der Waals surface area contributed by atoms with Crippen molar-refractivity contribution in [2.45, 2.75) is 5.75 Å². The van der Waals surface area contributed by atoms with E-state index in [1.165, 1.54) is 13.1 Å². The zero-order chi connectivity index (χ0) is 13.8. The molecule has 0 radical (unpaired) electrons. The first kappa shape index (κ1) is 14.2. The van der Waals surface area contributed by atoms with E-state index in [-0.39, 0.29) is 5.75 Å². The van der Waals surface area contributed by atoms with Gasteiger partial charge in [0.25, 0.3) is 0 Å². The molecule has 0 aliphatic carbocycles. The predicted molar refractivity (Wildman–Crippen MR) is 64.0 cm³/mol. The number of rotatable bonds is 5. The number of sulfonamides is 1. The lowest BCUT2D eigenvalue weighted by molar-refractivity contribution is -0.137. The van der Waals surface area contributed by atoms with Crippen LogP contribution in [0.4, 0.5) is 0 Å². The van der Waals surface area contributed by atoms with E-state index in [1.807, 2.05) is 6.07 Å². The van der Waals surface area contributed by atoms with Gasteiger partial charge < -0.3 is 5.11 Å². The highest BCUT2D eigenvalue weighted by molar-refractivity contribution is 7.88. The lowest BCUT2D eigenvalue weighted by Crippen LogP contribution is -2.32. The average molecular weight is 268 g/mol. The van der Waals surface area contributed by atoms with E-state index in [0.717, 1.165) is 4.31 Å². The van der Waals surface area contributed by atoms with Crippen molar-refractivity contribution in [3.63, 3.8) is 0 Å². The van der Waals surface area contributed by atoms with Crippen molar-refractivity contribution in [3.8, 4) is 6.07 Å². The summed E-state index contributed by atoms with van der Waals surface area (Å²) in [6.07, 6.45) is 0. The van der Waals surface area contributed by atoms with Crippen molar-refractivity contribution in [1.82, 2.24) is 4.31 Å². The number of aliphatic carboxylic acids is 1. The summed E-state index contributed by atoms with van der Waals surface area (Å²) in [6, 6.07) is 8.10. The highest BCUT2D eigenvalue weighted by atomic mass is 32.2. The molecule has 0 saturated heterocycles. The molecule has 0 spiro atoms. The molecule has 0 saturated carbocycles. The van der Waals surface area contributed by atoms with E-state index in [9.17, 15) is 13.2 Å². The van der Waals surface area contributed by atoms with Crippen molar-refractivity contribution >= 4 is 16.0 Å². The molecule has 0 bridgehead atoms. The summed E-state index contributed by atoms with van der Waals surface area (Å²) in [5, 5.41) is 17.2. The molecule has 18 heavy (non-hydrogen) atoms. The van der Waals surface area contributed by atoms with E-state index < -0.39 is 22.5 Å². The Hall–Kier alpha value is -1.91. The minimum absolute atomic E-state index is 0.327. The van der Waals surface area contributed by atoms with Crippen LogP contribution in [0.3, 0.4) is 0 Å². The maximum absolute atomic E-state index is 11.8. The number of carboxylic acid groups (broad SMARTS) is 1. The Labute approximate surface area is 105 Å². The van der Waals surface area contributed by atoms with E-state index in [0.29, 0.717) is 11.1 Å². The Kier molecular flexibility index (Phi) is 4.42. The van der Waals surface area contributed by atoms with Gasteiger partial charge in [0, 0.05) is 7.05 Å². The molecule has 1 rings (SSSR count). The molecule has 0 fully saturated rings. The largest absolute Gasteiger partial charge is 0.480 e. The summed E-state index contributed by atoms with van der Waals surface area (Å²) in [7, 11) is -2.48. The maximum Gasteiger partial charge on any atom is 0.318 e. The van der Waals surface area contributed by atoms with Crippen LogP contribution < -0.4 is 0 Å². The Balaban J connectivity index is 2.89. The van der Waals surface area contributed by atoms with Crippen LogP contribution in [0.2, 0.25) is 0 Å². The van der Waals surface area contributed by atoms with Gasteiger partial charge in [0.1, 0.15) is 6.54 Å². The summed E-state index contributed by atoms with van der Waals surface area (Å²) < 4.78 is 24.4. The van der Waals surface area contributed by atoms with Gasteiger partial charge in [0.05, 0.1) is 17.4 Å². The van der Waals surface area contributed by atoms with Crippen LogP contribution >= 0.6 is 0 Å². The summed E-state index contributed by atoms with van der Waals surface area (Å²) >= 11 is 0. The second-order valence-electron chi connectivity index (χ2n) is 3.72. The van der Waals surface area contributed by atoms with Gasteiger partial charge in [0.15, 0.2) is 0 Å². The summed E-state index contributed by atoms with van der Waals surface area (Å²) in [4.78, 5) is 10.5. The van der Waals surface area contributed by atoms with Gasteiger partial charge in [-0.15, -0.1) is 0 Å². The van der Waals surface area contributed by atoms with Crippen LogP contribution in [0.1, 0.15) is 11.1 Å². The second kappa shape index (κ2) is 5.62. The first-order valence-corrected chi connectivity index (χ1v) is 6.61. The van der Waals surface area contributed by atoms with E-state index in [2.05, 4.69) is 0 Å². The van der Waals surface area contributed by atoms with Crippen molar-refractivity contribution in [2.75, 3.05) is 13.6 Å². The molecule has 96 valence electrons. The first-order valence-electron chi connectivity index (χ1n) is 5.00. The summed E-state index contributed by atoms with van der Waals surface area (Å²) in [5.41, 5.74) is 0.815. The van der Waals surface area contributed by atoms with Crippen LogP contribution in [0.5, 0.6) is 0 Å². The minimum Gasteiger partial charge on any atom is -0.480 e. The molecule has 0 heterocycles. The Morgan fingerprint density at radius 3 is 2.72 bits per heavy atom. The quantitative estimate of drug-likeness (QED) is 0.833. The Morgan fingerprint density at radius 2 is 2.17 bits per heavy atom. The van der Waals surface area contributed by atoms with E-state index in [4.69, 9.17) is 10.4 Å². The fourth-order valence-corrected chi connectivity index (χ4v) is 2.47. The molecule has 1 aromatic carbocycles. The van der Waals surface area contributed by atoms with Crippen LogP contribution in [0.25, 0.3) is 0 Å². The molecule has 1 aromatic rings. The number of carboxylic acids is 1. The van der Waals surface area contributed by atoms with Crippen LogP contribution in [0.15, 0.2) is 24.3 Å². The molecular weight excluding hydrogens is 256 g/mol. The normalized spacial score (nSPS) is 11.2. The van der Waals surface area contributed by atoms with Gasteiger partial charge in [-0.25, -0.2) is 8.42 Å². The van der Waals surface area contributed by atoms with Gasteiger partial charge in [-0.05, 0) is 17.7 Å². The molecule has 0 aliphatic rings. The van der Waals surface area contributed by atoms with Crippen LogP contribution in [-0.2, 0) is 20.6 Å². The van der Waals surface area contributed by atoms with Crippen molar-refractivity contribution < 1.29 is 18.3 Å². The number of nitriles is 1. The monoisotopic (exact) mass is 268 g/mol. The fourth-order valence-electron chi connectivity index (χ4n) is 1.34. The van der Waals surface area contributed by atoms with Gasteiger partial charge in [0.2, 0.25) is 10.0 Å². The molecule has 1 N–H and O–H groups in total. The van der Waals surface area contributed by atoms with E-state index in [1.54, 1.807) is 18.2 Å². The predicted octanol–water partition coefficient (Wildman–Crippen LogP) is 0.404. The molecule has 7 heteroatoms. The Morgan fingerprint density at radius 1 is 1.50 bits per heavy atom. The molecule has 6 nitrogen and oxygen atoms in total. The van der Waals surface area contributed by atoms with Crippen LogP contribution in [0, 0.1) is 11.3 Å². The zero-order valence-electron chi connectivity index (χ0n) is 9.70. The summed E-state index contributed by atoms with van der Waals surface area (Å²) in [6.45, 7) is -0.583. The second-order valence-corrected chi connectivity index (χ2v) is 5.79. The smallest absolute Gasteiger partial charge is 0.318 e. The maximum atomic E-state index is 11.8. The van der Waals surface area contributed by atoms with Gasteiger partial charge in [-0.1, -0.05) is 12.1 Å². The molecular formula is C11H12N2O4S. The lowest BCUT2D eigenvalue weighted by Gasteiger charge is -2.14. The first-order chi connectivity index (χ1) is 8.35. The van der Waals surface area contributed by atoms with Crippen molar-refractivity contribution in [3.05, 3.63) is 35.4 Å². The molecule has 0 unspecified atom stereocenters. The lowest BCUT2D eigenvalue weighted by atomic mass is 10.2. The highest BCUT2D eigenvalue weighted by Crippen LogP contribution is 2.11. The SMILES string of the molecule is CN(CC(=O)O)S(=O)(=O)Cc1cccc(C#N)c1. The number of hydrogen-bond acceptors (Lipinski definition) is 4.